The maximum Gasteiger partial charge on any atom is 0.430 e. The number of rotatable bonds is 11. The molecule has 0 spiro atoms. The van der Waals surface area contributed by atoms with Gasteiger partial charge in [-0.1, -0.05) is 84.9 Å². The van der Waals surface area contributed by atoms with Gasteiger partial charge in [0.1, 0.15) is 5.97 Å². The van der Waals surface area contributed by atoms with Gasteiger partial charge in [0.15, 0.2) is 0 Å². The number of carbonyl (C=O) groups excluding carboxylic acids is 3. The number of carbonyl (C=O) groups is 3. The number of carboxylic acids is 1. The normalized spacial score (nSPS) is 12.1. The van der Waals surface area contributed by atoms with Gasteiger partial charge in [0, 0.05) is 11.6 Å². The monoisotopic (exact) mass is 633 g/mol. The van der Waals surface area contributed by atoms with Crippen LogP contribution in [-0.4, -0.2) is 43.0 Å². The third-order valence-electron chi connectivity index (χ3n) is 7.09. The minimum atomic E-state index is -5.19. The number of aliphatic carboxylic acids is 1. The molecule has 0 radical (unpaired) electrons. The van der Waals surface area contributed by atoms with Crippen LogP contribution in [0.1, 0.15) is 33.5 Å². The number of ether oxygens (including phenoxy) is 1. The lowest BCUT2D eigenvalue weighted by Crippen LogP contribution is -2.46. The van der Waals surface area contributed by atoms with E-state index in [4.69, 9.17) is 25.8 Å². The highest BCUT2D eigenvalue weighted by Gasteiger charge is 2.31. The van der Waals surface area contributed by atoms with Gasteiger partial charge in [-0.15, -0.1) is 0 Å². The molecule has 1 amide bonds. The van der Waals surface area contributed by atoms with Crippen molar-refractivity contribution >= 4 is 23.7 Å². The molecule has 0 aliphatic rings. The van der Waals surface area contributed by atoms with Crippen LogP contribution in [0, 0.1) is 5.92 Å². The molecule has 0 aromatic heterocycles. The van der Waals surface area contributed by atoms with Crippen molar-refractivity contribution in [2.45, 2.75) is 31.5 Å². The molecular weight excluding hydrogens is 599 g/mol. The number of halogens is 3. The quantitative estimate of drug-likeness (QED) is 0.132. The molecule has 46 heavy (non-hydrogen) atoms. The van der Waals surface area contributed by atoms with E-state index in [1.165, 1.54) is 7.11 Å². The molecule has 11 heteroatoms. The summed E-state index contributed by atoms with van der Waals surface area (Å²) in [6.07, 6.45) is -3.58. The smallest absolute Gasteiger partial charge is 0.430 e. The predicted molar refractivity (Wildman–Crippen MR) is 165 cm³/mol. The van der Waals surface area contributed by atoms with Crippen LogP contribution < -0.4 is 21.6 Å². The average molecular weight is 634 g/mol. The molecule has 0 heterocycles. The molecule has 0 fully saturated rings. The summed E-state index contributed by atoms with van der Waals surface area (Å²) in [6, 6.07) is 34.5. The summed E-state index contributed by atoms with van der Waals surface area (Å²) in [6.45, 7) is 0. The SMILES string of the molecule is COC(=O)[C@H](Cc1cccc(C(N)=[NH2+])c1)[C@@H](CCc1ccccc1)NC(=O)c1ccc(-c2ccccc2)cc1.O=C([O-])C(F)(F)F. The van der Waals surface area contributed by atoms with Crippen molar-refractivity contribution in [1.82, 2.24) is 5.32 Å². The van der Waals surface area contributed by atoms with E-state index in [1.807, 2.05) is 109 Å². The molecule has 0 aliphatic heterocycles. The Labute approximate surface area is 264 Å². The molecule has 0 bridgehead atoms. The number of nitrogens with two attached hydrogens (primary N) is 2. The molecule has 2 atom stereocenters. The Morgan fingerprint density at radius 1 is 0.826 bits per heavy atom. The van der Waals surface area contributed by atoms with Crippen LogP contribution in [0.4, 0.5) is 13.2 Å². The molecule has 4 aromatic carbocycles. The van der Waals surface area contributed by atoms with Crippen LogP contribution in [0.15, 0.2) is 109 Å². The Bertz CT molecular complexity index is 1610. The van der Waals surface area contributed by atoms with Crippen molar-refractivity contribution in [3.8, 4) is 11.1 Å². The highest BCUT2D eigenvalue weighted by atomic mass is 19.4. The highest BCUT2D eigenvalue weighted by Crippen LogP contribution is 2.22. The fourth-order valence-electron chi connectivity index (χ4n) is 4.71. The van der Waals surface area contributed by atoms with Crippen molar-refractivity contribution in [2.24, 2.45) is 11.7 Å². The molecule has 0 saturated carbocycles. The van der Waals surface area contributed by atoms with Crippen LogP contribution in [0.25, 0.3) is 11.1 Å². The van der Waals surface area contributed by atoms with Crippen LogP contribution in [0.2, 0.25) is 0 Å². The average Bonchev–Trinajstić information content (AvgIpc) is 3.06. The first-order valence-corrected chi connectivity index (χ1v) is 14.2. The molecular formula is C35H34F3N3O5. The number of esters is 1. The summed E-state index contributed by atoms with van der Waals surface area (Å²) in [7, 11) is 1.37. The van der Waals surface area contributed by atoms with E-state index < -0.39 is 24.1 Å². The third-order valence-corrected chi connectivity index (χ3v) is 7.09. The lowest BCUT2D eigenvalue weighted by molar-refractivity contribution is -0.344. The van der Waals surface area contributed by atoms with E-state index in [9.17, 15) is 22.8 Å². The zero-order valence-corrected chi connectivity index (χ0v) is 25.0. The predicted octanol–water partition coefficient (Wildman–Crippen LogP) is 2.88. The van der Waals surface area contributed by atoms with E-state index in [-0.39, 0.29) is 17.7 Å². The van der Waals surface area contributed by atoms with Crippen molar-refractivity contribution in [1.29, 1.82) is 0 Å². The fraction of sp³-hybridized carbons (Fsp3) is 0.200. The third kappa shape index (κ3) is 10.6. The summed E-state index contributed by atoms with van der Waals surface area (Å²) in [4.78, 5) is 35.3. The minimum absolute atomic E-state index is 0.208. The molecule has 8 nitrogen and oxygen atoms in total. The molecule has 240 valence electrons. The summed E-state index contributed by atoms with van der Waals surface area (Å²) < 4.78 is 36.8. The number of amidine groups is 1. The van der Waals surface area contributed by atoms with Gasteiger partial charge in [0.25, 0.3) is 11.7 Å². The van der Waals surface area contributed by atoms with Gasteiger partial charge in [-0.3, -0.25) is 20.7 Å². The fourth-order valence-corrected chi connectivity index (χ4v) is 4.71. The number of carboxylic acid groups (broad SMARTS) is 1. The first-order chi connectivity index (χ1) is 21.9. The Kier molecular flexibility index (Phi) is 12.6. The summed E-state index contributed by atoms with van der Waals surface area (Å²) in [5.41, 5.74) is 11.1. The van der Waals surface area contributed by atoms with Crippen molar-refractivity contribution in [2.75, 3.05) is 7.11 Å². The zero-order valence-electron chi connectivity index (χ0n) is 25.0. The van der Waals surface area contributed by atoms with Crippen molar-refractivity contribution in [3.63, 3.8) is 0 Å². The van der Waals surface area contributed by atoms with Gasteiger partial charge in [-0.05, 0) is 65.8 Å². The van der Waals surface area contributed by atoms with Crippen molar-refractivity contribution < 1.29 is 42.8 Å². The zero-order chi connectivity index (χ0) is 33.7. The van der Waals surface area contributed by atoms with Crippen molar-refractivity contribution in [3.05, 3.63) is 131 Å². The van der Waals surface area contributed by atoms with E-state index in [2.05, 4.69) is 5.32 Å². The molecule has 5 N–H and O–H groups in total. The topological polar surface area (TPSA) is 147 Å². The number of hydrogen-bond donors (Lipinski definition) is 3. The Morgan fingerprint density at radius 2 is 1.37 bits per heavy atom. The van der Waals surface area contributed by atoms with Crippen LogP contribution in [0.3, 0.4) is 0 Å². The summed E-state index contributed by atoms with van der Waals surface area (Å²) in [5, 5.41) is 17.7. The molecule has 4 rings (SSSR count). The lowest BCUT2D eigenvalue weighted by atomic mass is 9.87. The van der Waals surface area contributed by atoms with E-state index in [0.717, 1.165) is 22.3 Å². The van der Waals surface area contributed by atoms with Crippen LogP contribution in [0.5, 0.6) is 0 Å². The van der Waals surface area contributed by atoms with Gasteiger partial charge in [0.2, 0.25) is 0 Å². The standard InChI is InChI=1S/C33H33N3O3.C2HF3O2/c1-39-33(38)29(22-24-11-8-14-28(21-24)31(34)35)30(20-15-23-9-4-2-5-10-23)36-32(37)27-18-16-26(17-19-27)25-12-6-3-7-13-25;3-2(4,5)1(6)7/h2-14,16-19,21,29-30H,15,20,22H2,1H3,(H3,34,35)(H,36,37);(H,6,7)/t29-,30-;/m1./s1. The van der Waals surface area contributed by atoms with Gasteiger partial charge in [0.05, 0.1) is 18.6 Å². The number of aryl methyl sites for hydroxylation is 1. The van der Waals surface area contributed by atoms with E-state index in [0.29, 0.717) is 30.4 Å². The molecule has 0 saturated heterocycles. The number of nitrogens with one attached hydrogen (secondary N) is 1. The Morgan fingerprint density at radius 3 is 1.91 bits per heavy atom. The van der Waals surface area contributed by atoms with E-state index >= 15 is 0 Å². The number of benzene rings is 4. The minimum Gasteiger partial charge on any atom is -0.542 e. The maximum absolute atomic E-state index is 13.4. The molecule has 0 unspecified atom stereocenters. The van der Waals surface area contributed by atoms with Crippen LogP contribution in [-0.2, 0) is 27.2 Å². The highest BCUT2D eigenvalue weighted by molar-refractivity contribution is 5.95. The van der Waals surface area contributed by atoms with Gasteiger partial charge < -0.3 is 20.0 Å². The summed E-state index contributed by atoms with van der Waals surface area (Å²) >= 11 is 0. The number of hydrogen-bond acceptors (Lipinski definition) is 5. The number of alkyl halides is 3. The number of methoxy groups -OCH3 is 1. The largest absolute Gasteiger partial charge is 0.542 e. The molecule has 4 aromatic rings. The maximum atomic E-state index is 13.4. The first-order valence-electron chi connectivity index (χ1n) is 14.2. The second kappa shape index (κ2) is 16.6. The summed E-state index contributed by atoms with van der Waals surface area (Å²) in [5.74, 6) is -4.04. The Hall–Kier alpha value is -5.45. The Balaban J connectivity index is 0.000000738. The van der Waals surface area contributed by atoms with Gasteiger partial charge in [-0.25, -0.2) is 0 Å². The first kappa shape index (κ1) is 35.0. The lowest BCUT2D eigenvalue weighted by Gasteiger charge is -2.27. The van der Waals surface area contributed by atoms with Gasteiger partial charge >= 0.3 is 12.1 Å². The van der Waals surface area contributed by atoms with E-state index in [1.54, 1.807) is 0 Å². The van der Waals surface area contributed by atoms with Crippen LogP contribution >= 0.6 is 0 Å². The second-order valence-corrected chi connectivity index (χ2v) is 10.3. The molecule has 0 aliphatic carbocycles. The second-order valence-electron chi connectivity index (χ2n) is 10.3. The number of amides is 1. The van der Waals surface area contributed by atoms with Gasteiger partial charge in [-0.2, -0.15) is 13.2 Å².